The fourth-order valence-corrected chi connectivity index (χ4v) is 7.27. The van der Waals surface area contributed by atoms with Crippen LogP contribution < -0.4 is 0 Å². The van der Waals surface area contributed by atoms with Gasteiger partial charge in [-0.25, -0.2) is 4.57 Å². The topological polar surface area (TPSA) is 210 Å². The van der Waals surface area contributed by atoms with Gasteiger partial charge in [-0.15, -0.1) is 0 Å². The minimum absolute atomic E-state index is 0.0391. The number of aliphatic hydroxyl groups is 5. The van der Waals surface area contributed by atoms with Crippen molar-refractivity contribution >= 4 is 19.8 Å². The van der Waals surface area contributed by atoms with Gasteiger partial charge < -0.3 is 39.9 Å². The molecule has 350 valence electrons. The summed E-state index contributed by atoms with van der Waals surface area (Å²) >= 11 is 0. The number of phosphoric acid groups is 1. The van der Waals surface area contributed by atoms with Gasteiger partial charge in [0.25, 0.3) is 0 Å². The lowest BCUT2D eigenvalue weighted by Crippen LogP contribution is -2.64. The predicted molar refractivity (Wildman–Crippen MR) is 239 cm³/mol. The van der Waals surface area contributed by atoms with Crippen molar-refractivity contribution in [2.24, 2.45) is 0 Å². The fourth-order valence-electron chi connectivity index (χ4n) is 6.30. The van der Waals surface area contributed by atoms with Crippen molar-refractivity contribution in [3.63, 3.8) is 0 Å². The van der Waals surface area contributed by atoms with Crippen LogP contribution in [0.2, 0.25) is 0 Å². The van der Waals surface area contributed by atoms with Crippen LogP contribution in [0.25, 0.3) is 0 Å². The lowest BCUT2D eigenvalue weighted by atomic mass is 9.85. The molecule has 6 N–H and O–H groups in total. The molecule has 0 aromatic carbocycles. The van der Waals surface area contributed by atoms with E-state index in [0.29, 0.717) is 12.8 Å². The molecule has 0 radical (unpaired) electrons. The molecule has 1 aliphatic rings. The molecule has 1 saturated carbocycles. The molecule has 0 saturated heterocycles. The van der Waals surface area contributed by atoms with E-state index in [4.69, 9.17) is 18.5 Å². The number of aliphatic hydroxyl groups excluding tert-OH is 5. The molecule has 1 rings (SSSR count). The maximum absolute atomic E-state index is 12.8. The first-order valence-corrected chi connectivity index (χ1v) is 24.2. The highest BCUT2D eigenvalue weighted by molar-refractivity contribution is 7.47. The van der Waals surface area contributed by atoms with Gasteiger partial charge in [-0.3, -0.25) is 18.6 Å². The van der Waals surface area contributed by atoms with Crippen LogP contribution in [-0.4, -0.2) is 98.3 Å². The summed E-state index contributed by atoms with van der Waals surface area (Å²) < 4.78 is 33.4. The Morgan fingerprint density at radius 1 is 0.508 bits per heavy atom. The second-order valence-electron chi connectivity index (χ2n) is 15.5. The molecule has 0 aromatic rings. The molecule has 6 unspecified atom stereocenters. The Kier molecular flexibility index (Phi) is 33.9. The minimum Gasteiger partial charge on any atom is -0.462 e. The molecule has 1 aliphatic carbocycles. The summed E-state index contributed by atoms with van der Waals surface area (Å²) in [5.74, 6) is -1.18. The normalized spacial score (nSPS) is 22.7. The van der Waals surface area contributed by atoms with Gasteiger partial charge in [0, 0.05) is 12.8 Å². The summed E-state index contributed by atoms with van der Waals surface area (Å²) in [5, 5.41) is 50.1. The number of hydrogen-bond donors (Lipinski definition) is 6. The van der Waals surface area contributed by atoms with Crippen LogP contribution in [0.1, 0.15) is 155 Å². The lowest BCUT2D eigenvalue weighted by molar-refractivity contribution is -0.220. The Balaban J connectivity index is 2.52. The lowest BCUT2D eigenvalue weighted by Gasteiger charge is -2.41. The monoisotopic (exact) mass is 883 g/mol. The molecule has 0 aromatic heterocycles. The summed E-state index contributed by atoms with van der Waals surface area (Å²) in [6, 6.07) is 0. The minimum atomic E-state index is -5.14. The maximum Gasteiger partial charge on any atom is 0.472 e. The number of esters is 2. The van der Waals surface area contributed by atoms with Crippen LogP contribution in [0.5, 0.6) is 0 Å². The second-order valence-corrected chi connectivity index (χ2v) is 16.9. The average Bonchev–Trinajstić information content (AvgIpc) is 3.24. The third kappa shape index (κ3) is 29.3. The van der Waals surface area contributed by atoms with Gasteiger partial charge in [0.2, 0.25) is 0 Å². The van der Waals surface area contributed by atoms with E-state index in [9.17, 15) is 44.6 Å². The second kappa shape index (κ2) is 36.7. The van der Waals surface area contributed by atoms with E-state index in [-0.39, 0.29) is 12.8 Å². The molecule has 0 spiro atoms. The van der Waals surface area contributed by atoms with Crippen LogP contribution in [-0.2, 0) is 32.7 Å². The van der Waals surface area contributed by atoms with E-state index in [1.165, 1.54) is 38.5 Å². The largest absolute Gasteiger partial charge is 0.472 e. The van der Waals surface area contributed by atoms with Crippen molar-refractivity contribution in [1.29, 1.82) is 0 Å². The van der Waals surface area contributed by atoms with E-state index < -0.39 is 75.7 Å². The third-order valence-corrected chi connectivity index (χ3v) is 11.0. The van der Waals surface area contributed by atoms with Gasteiger partial charge in [-0.05, 0) is 89.9 Å². The molecular formula is C47H79O13P. The number of phosphoric ester groups is 1. The van der Waals surface area contributed by atoms with Crippen LogP contribution in [0.3, 0.4) is 0 Å². The summed E-state index contributed by atoms with van der Waals surface area (Å²) in [6.45, 7) is 3.17. The first kappa shape index (κ1) is 56.3. The van der Waals surface area contributed by atoms with E-state index >= 15 is 0 Å². The first-order chi connectivity index (χ1) is 29.4. The Morgan fingerprint density at radius 3 is 1.36 bits per heavy atom. The van der Waals surface area contributed by atoms with Crippen molar-refractivity contribution in [2.45, 2.75) is 198 Å². The van der Waals surface area contributed by atoms with Crippen LogP contribution in [0, 0.1) is 0 Å². The molecule has 61 heavy (non-hydrogen) atoms. The SMILES string of the molecule is CCCCC/C=C\C/C=C\C/C=C\CCCCCCC(=O)OC[C@H](COP(=O)(O)OC1C(O)C(O)C(O)[C@@H](O)C1O)OC(=O)CCCC/C=C\C/C=C\C/C=C\CCCCC. The summed E-state index contributed by atoms with van der Waals surface area (Å²) in [6.07, 6.45) is 32.4. The molecule has 1 fully saturated rings. The maximum atomic E-state index is 12.8. The number of ether oxygens (including phenoxy) is 2. The van der Waals surface area contributed by atoms with Gasteiger partial charge in [0.1, 0.15) is 43.2 Å². The summed E-state index contributed by atoms with van der Waals surface area (Å²) in [7, 11) is -5.14. The van der Waals surface area contributed by atoms with E-state index in [0.717, 1.165) is 77.0 Å². The molecule has 0 bridgehead atoms. The number of allylic oxidation sites excluding steroid dienone is 12. The zero-order valence-electron chi connectivity index (χ0n) is 36.9. The van der Waals surface area contributed by atoms with Gasteiger partial charge >= 0.3 is 19.8 Å². The summed E-state index contributed by atoms with van der Waals surface area (Å²) in [4.78, 5) is 35.7. The zero-order chi connectivity index (χ0) is 45.0. The van der Waals surface area contributed by atoms with Gasteiger partial charge in [0.15, 0.2) is 6.10 Å². The Hall–Kier alpha value is -2.71. The standard InChI is InChI=1S/C47H79O13P/c1-3-5-7-9-11-13-15-17-19-20-22-23-25-27-29-31-33-35-40(48)57-37-39(38-58-61(55,56)60-47-45(53)43(51)42(50)44(52)46(47)54)59-41(49)36-34-32-30-28-26-24-21-18-16-14-12-10-8-6-4-2/h11-14,17-19,21-23,26,28,39,42-47,50-54H,3-10,15-16,20,24-25,27,29-38H2,1-2H3,(H,55,56)/b13-11-,14-12-,19-17-,21-18-,23-22-,28-26-/t39-,42?,43-,44?,45?,46?,47?/m1/s1. The fraction of sp³-hybridized carbons (Fsp3) is 0.702. The highest BCUT2D eigenvalue weighted by Gasteiger charge is 2.51. The van der Waals surface area contributed by atoms with E-state index in [1.54, 1.807) is 0 Å². The number of hydrogen-bond acceptors (Lipinski definition) is 12. The van der Waals surface area contributed by atoms with Crippen molar-refractivity contribution in [2.75, 3.05) is 13.2 Å². The molecule has 13 nitrogen and oxygen atoms in total. The number of rotatable bonds is 36. The molecule has 0 aliphatic heterocycles. The molecular weight excluding hydrogens is 803 g/mol. The van der Waals surface area contributed by atoms with Crippen molar-refractivity contribution in [1.82, 2.24) is 0 Å². The van der Waals surface area contributed by atoms with E-state index in [1.807, 2.05) is 0 Å². The van der Waals surface area contributed by atoms with Crippen molar-refractivity contribution in [3.05, 3.63) is 72.9 Å². The smallest absolute Gasteiger partial charge is 0.462 e. The van der Waals surface area contributed by atoms with Gasteiger partial charge in [-0.2, -0.15) is 0 Å². The van der Waals surface area contributed by atoms with Crippen molar-refractivity contribution < 1.29 is 63.1 Å². The molecule has 14 heteroatoms. The third-order valence-electron chi connectivity index (χ3n) is 10.0. The number of carbonyl (C=O) groups excluding carboxylic acids is 2. The Labute approximate surface area is 365 Å². The average molecular weight is 883 g/mol. The van der Waals surface area contributed by atoms with Gasteiger partial charge in [0.05, 0.1) is 6.61 Å². The van der Waals surface area contributed by atoms with E-state index in [2.05, 4.69) is 86.8 Å². The van der Waals surface area contributed by atoms with Crippen LogP contribution in [0.4, 0.5) is 0 Å². The zero-order valence-corrected chi connectivity index (χ0v) is 37.8. The first-order valence-electron chi connectivity index (χ1n) is 22.7. The Morgan fingerprint density at radius 2 is 0.885 bits per heavy atom. The molecule has 0 heterocycles. The quantitative estimate of drug-likeness (QED) is 0.0151. The van der Waals surface area contributed by atoms with Gasteiger partial charge in [-0.1, -0.05) is 125 Å². The molecule has 0 amide bonds. The van der Waals surface area contributed by atoms with Crippen molar-refractivity contribution in [3.8, 4) is 0 Å². The van der Waals surface area contributed by atoms with Crippen LogP contribution in [0.15, 0.2) is 72.9 Å². The van der Waals surface area contributed by atoms with Crippen LogP contribution >= 0.6 is 7.82 Å². The highest BCUT2D eigenvalue weighted by atomic mass is 31.2. The predicted octanol–water partition coefficient (Wildman–Crippen LogP) is 8.72. The number of unbranched alkanes of at least 4 members (excludes halogenated alkanes) is 12. The Bertz CT molecular complexity index is 1340. The highest BCUT2D eigenvalue weighted by Crippen LogP contribution is 2.47. The number of carbonyl (C=O) groups is 2. The molecule has 8 atom stereocenters. The summed E-state index contributed by atoms with van der Waals surface area (Å²) in [5.41, 5.74) is 0.